The number of nitrogens with zero attached hydrogens (tertiary/aromatic N) is 5. The van der Waals surface area contributed by atoms with E-state index in [-0.39, 0.29) is 12.0 Å². The van der Waals surface area contributed by atoms with E-state index in [1.807, 2.05) is 22.4 Å². The minimum atomic E-state index is -0.146. The van der Waals surface area contributed by atoms with Crippen molar-refractivity contribution in [3.05, 3.63) is 41.3 Å². The Morgan fingerprint density at radius 3 is 2.94 bits per heavy atom. The molecule has 2 aliphatic rings. The van der Waals surface area contributed by atoms with E-state index in [1.54, 1.807) is 11.3 Å². The molecular weight excluding hydrogens is 418 g/mol. The lowest BCUT2D eigenvalue weighted by Gasteiger charge is -2.34. The maximum absolute atomic E-state index is 12.9. The van der Waals surface area contributed by atoms with Crippen LogP contribution in [0.2, 0.25) is 0 Å². The fourth-order valence-corrected chi connectivity index (χ4v) is 4.72. The Hall–Kier alpha value is -2.56. The van der Waals surface area contributed by atoms with Crippen molar-refractivity contribution in [3.8, 4) is 10.7 Å². The van der Waals surface area contributed by atoms with Crippen molar-refractivity contribution in [1.82, 2.24) is 24.9 Å². The summed E-state index contributed by atoms with van der Waals surface area (Å²) in [4.78, 5) is 26.8. The van der Waals surface area contributed by atoms with E-state index in [4.69, 9.17) is 13.7 Å². The number of ether oxygens (including phenoxy) is 1. The van der Waals surface area contributed by atoms with E-state index in [1.165, 1.54) is 6.39 Å². The van der Waals surface area contributed by atoms with Gasteiger partial charge in [0.2, 0.25) is 11.7 Å². The van der Waals surface area contributed by atoms with Crippen molar-refractivity contribution in [2.24, 2.45) is 0 Å². The van der Waals surface area contributed by atoms with Gasteiger partial charge in [0, 0.05) is 39.2 Å². The largest absolute Gasteiger partial charge is 0.445 e. The normalized spacial score (nSPS) is 19.9. The molecule has 3 aromatic rings. The lowest BCUT2D eigenvalue weighted by molar-refractivity contribution is 0.0607. The van der Waals surface area contributed by atoms with E-state index < -0.39 is 0 Å². The second kappa shape index (κ2) is 9.29. The number of hydrogen-bond acceptors (Lipinski definition) is 9. The zero-order valence-electron chi connectivity index (χ0n) is 17.2. The molecule has 1 unspecified atom stereocenters. The maximum atomic E-state index is 12.9. The van der Waals surface area contributed by atoms with Gasteiger partial charge in [-0.25, -0.2) is 4.98 Å². The van der Waals surface area contributed by atoms with E-state index in [0.717, 1.165) is 50.2 Å². The highest BCUT2D eigenvalue weighted by molar-refractivity contribution is 7.13. The number of piperazine rings is 1. The Labute approximate surface area is 184 Å². The summed E-state index contributed by atoms with van der Waals surface area (Å²) in [5, 5.41) is 6.06. The van der Waals surface area contributed by atoms with Gasteiger partial charge in [0.25, 0.3) is 5.91 Å². The van der Waals surface area contributed by atoms with Gasteiger partial charge in [-0.3, -0.25) is 9.69 Å². The van der Waals surface area contributed by atoms with Gasteiger partial charge >= 0.3 is 0 Å². The van der Waals surface area contributed by atoms with Crippen molar-refractivity contribution in [2.75, 3.05) is 39.3 Å². The highest BCUT2D eigenvalue weighted by atomic mass is 32.1. The molecule has 2 aliphatic heterocycles. The Bertz CT molecular complexity index is 987. The van der Waals surface area contributed by atoms with Gasteiger partial charge in [0.15, 0.2) is 17.8 Å². The Balaban J connectivity index is 1.08. The second-order valence-electron chi connectivity index (χ2n) is 7.79. The predicted molar refractivity (Wildman–Crippen MR) is 113 cm³/mol. The van der Waals surface area contributed by atoms with E-state index >= 15 is 0 Å². The number of oxazole rings is 1. The highest BCUT2D eigenvalue weighted by Crippen LogP contribution is 2.31. The van der Waals surface area contributed by atoms with Crippen LogP contribution in [-0.2, 0) is 11.2 Å². The van der Waals surface area contributed by atoms with Gasteiger partial charge < -0.3 is 18.6 Å². The minimum Gasteiger partial charge on any atom is -0.445 e. The zero-order valence-corrected chi connectivity index (χ0v) is 18.1. The van der Waals surface area contributed by atoms with Gasteiger partial charge in [0.1, 0.15) is 6.10 Å². The van der Waals surface area contributed by atoms with E-state index in [2.05, 4.69) is 20.0 Å². The number of thiophene rings is 1. The Morgan fingerprint density at radius 2 is 2.16 bits per heavy atom. The van der Waals surface area contributed by atoms with Crippen molar-refractivity contribution in [1.29, 1.82) is 0 Å². The zero-order chi connectivity index (χ0) is 21.0. The first-order chi connectivity index (χ1) is 15.3. The van der Waals surface area contributed by atoms with Gasteiger partial charge in [0.05, 0.1) is 4.88 Å². The van der Waals surface area contributed by atoms with Crippen LogP contribution < -0.4 is 0 Å². The number of rotatable bonds is 7. The smallest absolute Gasteiger partial charge is 0.276 e. The van der Waals surface area contributed by atoms with Crippen LogP contribution in [0.3, 0.4) is 0 Å². The van der Waals surface area contributed by atoms with E-state index in [9.17, 15) is 4.79 Å². The Kier molecular flexibility index (Phi) is 6.10. The number of aromatic nitrogens is 3. The molecule has 9 nitrogen and oxygen atoms in total. The predicted octanol–water partition coefficient (Wildman–Crippen LogP) is 3.03. The summed E-state index contributed by atoms with van der Waals surface area (Å²) >= 11 is 1.60. The fraction of sp³-hybridized carbons (Fsp3) is 0.524. The molecule has 1 atom stereocenters. The van der Waals surface area contributed by atoms with E-state index in [0.29, 0.717) is 42.9 Å². The Morgan fingerprint density at radius 1 is 1.26 bits per heavy atom. The van der Waals surface area contributed by atoms with Crippen molar-refractivity contribution < 1.29 is 18.5 Å². The van der Waals surface area contributed by atoms with Crippen LogP contribution in [0, 0.1) is 0 Å². The summed E-state index contributed by atoms with van der Waals surface area (Å²) < 4.78 is 16.5. The summed E-state index contributed by atoms with van der Waals surface area (Å²) in [6.45, 7) is 4.67. The third-order valence-corrected chi connectivity index (χ3v) is 6.62. The first kappa shape index (κ1) is 20.3. The standard InChI is InChI=1S/C21H25N5O4S/c27-21(18-19(29-14-22-18)15-4-2-12-28-15)26-10-8-25(9-11-26)7-1-6-17-23-20(24-30-17)16-5-3-13-31-16/h3,5,13-15H,1-2,4,6-12H2. The number of hydrogen-bond donors (Lipinski definition) is 0. The summed E-state index contributed by atoms with van der Waals surface area (Å²) in [5.41, 5.74) is 0.401. The molecule has 0 saturated carbocycles. The first-order valence-corrected chi connectivity index (χ1v) is 11.6. The molecule has 0 spiro atoms. The van der Waals surface area contributed by atoms with Crippen molar-refractivity contribution >= 4 is 17.2 Å². The lowest BCUT2D eigenvalue weighted by Crippen LogP contribution is -2.49. The summed E-state index contributed by atoms with van der Waals surface area (Å²) in [7, 11) is 0. The first-order valence-electron chi connectivity index (χ1n) is 10.7. The number of carbonyl (C=O) groups is 1. The monoisotopic (exact) mass is 443 g/mol. The third kappa shape index (κ3) is 4.56. The number of aryl methyl sites for hydroxylation is 1. The van der Waals surface area contributed by atoms with Crippen LogP contribution >= 0.6 is 11.3 Å². The molecule has 5 heterocycles. The molecule has 2 saturated heterocycles. The van der Waals surface area contributed by atoms with Gasteiger partial charge in [-0.1, -0.05) is 11.2 Å². The van der Waals surface area contributed by atoms with Crippen LogP contribution in [0.4, 0.5) is 0 Å². The molecule has 0 aliphatic carbocycles. The fourth-order valence-electron chi connectivity index (χ4n) is 4.07. The van der Waals surface area contributed by atoms with Gasteiger partial charge in [-0.05, 0) is 37.3 Å². The molecule has 5 rings (SSSR count). The van der Waals surface area contributed by atoms with Crippen LogP contribution in [-0.4, -0.2) is 70.2 Å². The van der Waals surface area contributed by atoms with Crippen LogP contribution in [0.25, 0.3) is 10.7 Å². The molecule has 10 heteroatoms. The average Bonchev–Trinajstić information content (AvgIpc) is 3.60. The lowest BCUT2D eigenvalue weighted by atomic mass is 10.1. The summed E-state index contributed by atoms with van der Waals surface area (Å²) in [5.74, 6) is 1.84. The SMILES string of the molecule is O=C(c1ncoc1C1CCCO1)N1CCN(CCCc2nc(-c3cccs3)no2)CC1. The van der Waals surface area contributed by atoms with Crippen LogP contribution in [0.5, 0.6) is 0 Å². The van der Waals surface area contributed by atoms with Gasteiger partial charge in [-0.15, -0.1) is 11.3 Å². The maximum Gasteiger partial charge on any atom is 0.276 e. The third-order valence-electron chi connectivity index (χ3n) is 5.75. The molecule has 0 N–H and O–H groups in total. The molecule has 0 bridgehead atoms. The molecule has 0 radical (unpaired) electrons. The molecule has 2 fully saturated rings. The van der Waals surface area contributed by atoms with Crippen molar-refractivity contribution in [3.63, 3.8) is 0 Å². The molecular formula is C21H25N5O4S. The highest BCUT2D eigenvalue weighted by Gasteiger charge is 2.31. The average molecular weight is 444 g/mol. The summed E-state index contributed by atoms with van der Waals surface area (Å²) in [6.07, 6.45) is 4.75. The second-order valence-corrected chi connectivity index (χ2v) is 8.74. The van der Waals surface area contributed by atoms with Crippen LogP contribution in [0.1, 0.15) is 47.5 Å². The quantitative estimate of drug-likeness (QED) is 0.550. The number of amides is 1. The molecule has 0 aromatic carbocycles. The number of carbonyl (C=O) groups excluding carboxylic acids is 1. The molecule has 31 heavy (non-hydrogen) atoms. The van der Waals surface area contributed by atoms with Crippen molar-refractivity contribution in [2.45, 2.75) is 31.8 Å². The van der Waals surface area contributed by atoms with Crippen LogP contribution in [0.15, 0.2) is 32.8 Å². The minimum absolute atomic E-state index is 0.0640. The topological polar surface area (TPSA) is 97.7 Å². The summed E-state index contributed by atoms with van der Waals surface area (Å²) in [6, 6.07) is 3.97. The molecule has 164 valence electrons. The molecule has 1 amide bonds. The van der Waals surface area contributed by atoms with Gasteiger partial charge in [-0.2, -0.15) is 4.98 Å². The molecule has 3 aromatic heterocycles.